The minimum Gasteiger partial charge on any atom is -0.459 e. The van der Waals surface area contributed by atoms with Crippen molar-refractivity contribution in [2.24, 2.45) is 7.05 Å². The van der Waals surface area contributed by atoms with E-state index in [1.54, 1.807) is 73.5 Å². The van der Waals surface area contributed by atoms with Crippen LogP contribution in [0.3, 0.4) is 0 Å². The summed E-state index contributed by atoms with van der Waals surface area (Å²) in [5.41, 5.74) is 0.613. The lowest BCUT2D eigenvalue weighted by atomic mass is 10.2. The van der Waals surface area contributed by atoms with Crippen molar-refractivity contribution in [2.45, 2.75) is 26.4 Å². The zero-order chi connectivity index (χ0) is 22.8. The lowest BCUT2D eigenvalue weighted by molar-refractivity contribution is -0.152. The fraction of sp³-hybridized carbons (Fsp3) is 0.318. The Morgan fingerprint density at radius 3 is 1.94 bits per heavy atom. The van der Waals surface area contributed by atoms with Crippen molar-refractivity contribution in [2.75, 3.05) is 23.4 Å². The molecule has 0 saturated heterocycles. The largest absolute Gasteiger partial charge is 0.459 e. The zero-order valence-electron chi connectivity index (χ0n) is 18.1. The Balaban J connectivity index is 1.96. The molecule has 0 amide bonds. The highest BCUT2D eigenvalue weighted by Gasteiger charge is 2.25. The zero-order valence-corrected chi connectivity index (χ0v) is 18.1. The number of carbonyl (C=O) groups is 1. The molecule has 1 heterocycles. The average Bonchev–Trinajstić information content (AvgIpc) is 3.07. The number of carbonyl (C=O) groups excluding carboxylic acids is 1. The number of nitrogens with zero attached hydrogens (tertiary/aromatic N) is 5. The van der Waals surface area contributed by atoms with Crippen molar-refractivity contribution in [3.8, 4) is 0 Å². The van der Waals surface area contributed by atoms with Crippen LogP contribution in [0, 0.1) is 11.6 Å². The summed E-state index contributed by atoms with van der Waals surface area (Å²) in [7, 11) is 3.52. The van der Waals surface area contributed by atoms with Crippen LogP contribution in [0.2, 0.25) is 0 Å². The van der Waals surface area contributed by atoms with Crippen LogP contribution in [-0.2, 0) is 16.6 Å². The van der Waals surface area contributed by atoms with Gasteiger partial charge in [0.05, 0.1) is 0 Å². The highest BCUT2D eigenvalue weighted by molar-refractivity contribution is 5.79. The molecule has 0 unspecified atom stereocenters. The molecule has 9 heteroatoms. The second kappa shape index (κ2) is 8.71. The van der Waals surface area contributed by atoms with Gasteiger partial charge in [0.25, 0.3) is 0 Å². The van der Waals surface area contributed by atoms with E-state index in [1.165, 1.54) is 24.3 Å². The van der Waals surface area contributed by atoms with E-state index in [0.717, 1.165) is 0 Å². The highest BCUT2D eigenvalue weighted by Crippen LogP contribution is 2.29. The maximum Gasteiger partial charge on any atom is 0.326 e. The lowest BCUT2D eigenvalue weighted by Crippen LogP contribution is -2.33. The van der Waals surface area contributed by atoms with E-state index in [4.69, 9.17) is 4.74 Å². The number of anilines is 4. The van der Waals surface area contributed by atoms with Crippen LogP contribution >= 0.6 is 0 Å². The number of aromatic nitrogens is 3. The Labute approximate surface area is 179 Å². The van der Waals surface area contributed by atoms with E-state index < -0.39 is 17.4 Å². The highest BCUT2D eigenvalue weighted by atomic mass is 19.1. The third kappa shape index (κ3) is 5.36. The molecular formula is C22H25F2N5O2. The predicted molar refractivity (Wildman–Crippen MR) is 115 cm³/mol. The molecule has 0 N–H and O–H groups in total. The molecule has 164 valence electrons. The minimum atomic E-state index is -0.653. The number of halogens is 2. The van der Waals surface area contributed by atoms with Gasteiger partial charge in [-0.2, -0.15) is 0 Å². The van der Waals surface area contributed by atoms with Crippen molar-refractivity contribution in [3.05, 3.63) is 60.2 Å². The van der Waals surface area contributed by atoms with Crippen LogP contribution < -0.4 is 9.80 Å². The molecule has 3 aromatic rings. The van der Waals surface area contributed by atoms with Gasteiger partial charge >= 0.3 is 5.97 Å². The van der Waals surface area contributed by atoms with Crippen LogP contribution in [0.25, 0.3) is 0 Å². The first-order chi connectivity index (χ1) is 14.5. The molecule has 2 aromatic carbocycles. The predicted octanol–water partition coefficient (Wildman–Crippen LogP) is 4.34. The first kappa shape index (κ1) is 22.2. The monoisotopic (exact) mass is 429 g/mol. The smallest absolute Gasteiger partial charge is 0.326 e. The molecule has 0 aliphatic carbocycles. The van der Waals surface area contributed by atoms with E-state index in [0.29, 0.717) is 23.3 Å². The molecule has 0 bridgehead atoms. The molecule has 0 radical (unpaired) electrons. The standard InChI is InChI=1S/C22H25F2N5O2/c1-22(2,3)31-19(30)14-29(18-12-8-16(24)9-13-18)21-26-25-20(28(21)5)27(4)17-10-6-15(23)7-11-17/h6-13H,14H2,1-5H3. The van der Waals surface area contributed by atoms with Crippen molar-refractivity contribution >= 4 is 29.2 Å². The van der Waals surface area contributed by atoms with Crippen molar-refractivity contribution in [1.82, 2.24) is 14.8 Å². The van der Waals surface area contributed by atoms with Crippen LogP contribution in [0.15, 0.2) is 48.5 Å². The Morgan fingerprint density at radius 1 is 0.935 bits per heavy atom. The number of hydrogen-bond acceptors (Lipinski definition) is 6. The van der Waals surface area contributed by atoms with Gasteiger partial charge in [-0.15, -0.1) is 10.2 Å². The van der Waals surface area contributed by atoms with Gasteiger partial charge in [-0.3, -0.25) is 14.3 Å². The fourth-order valence-corrected chi connectivity index (χ4v) is 3.02. The van der Waals surface area contributed by atoms with Gasteiger partial charge in [-0.25, -0.2) is 8.78 Å². The molecule has 0 saturated carbocycles. The summed E-state index contributed by atoms with van der Waals surface area (Å²) in [6.45, 7) is 5.21. The number of benzene rings is 2. The summed E-state index contributed by atoms with van der Waals surface area (Å²) in [6, 6.07) is 11.7. The third-order valence-corrected chi connectivity index (χ3v) is 4.43. The van der Waals surface area contributed by atoms with Gasteiger partial charge in [0.2, 0.25) is 11.9 Å². The number of hydrogen-bond donors (Lipinski definition) is 0. The molecule has 0 aliphatic rings. The molecule has 31 heavy (non-hydrogen) atoms. The molecule has 0 spiro atoms. The number of ether oxygens (including phenoxy) is 1. The number of esters is 1. The summed E-state index contributed by atoms with van der Waals surface area (Å²) in [5, 5.41) is 8.49. The van der Waals surface area contributed by atoms with Gasteiger partial charge in [0.15, 0.2) is 0 Å². The Morgan fingerprint density at radius 2 is 1.42 bits per heavy atom. The van der Waals surface area contributed by atoms with E-state index in [2.05, 4.69) is 10.2 Å². The number of rotatable bonds is 6. The first-order valence-electron chi connectivity index (χ1n) is 9.69. The van der Waals surface area contributed by atoms with Crippen LogP contribution in [0.5, 0.6) is 0 Å². The molecule has 3 rings (SSSR count). The van der Waals surface area contributed by atoms with Crippen LogP contribution in [0.1, 0.15) is 20.8 Å². The Bertz CT molecular complexity index is 1040. The van der Waals surface area contributed by atoms with Crippen molar-refractivity contribution in [3.63, 3.8) is 0 Å². The van der Waals surface area contributed by atoms with Gasteiger partial charge in [-0.05, 0) is 69.3 Å². The van der Waals surface area contributed by atoms with Crippen LogP contribution in [0.4, 0.5) is 32.1 Å². The maximum atomic E-state index is 13.5. The first-order valence-corrected chi connectivity index (χ1v) is 9.69. The van der Waals surface area contributed by atoms with E-state index in [9.17, 15) is 13.6 Å². The second-order valence-electron chi connectivity index (χ2n) is 8.04. The summed E-state index contributed by atoms with van der Waals surface area (Å²) in [5.74, 6) is -0.362. The van der Waals surface area contributed by atoms with Crippen molar-refractivity contribution < 1.29 is 18.3 Å². The summed E-state index contributed by atoms with van der Waals surface area (Å²) in [6.07, 6.45) is 0. The van der Waals surface area contributed by atoms with E-state index in [-0.39, 0.29) is 12.4 Å². The van der Waals surface area contributed by atoms with Crippen molar-refractivity contribution in [1.29, 1.82) is 0 Å². The molecule has 1 aromatic heterocycles. The SMILES string of the molecule is CN(c1ccc(F)cc1)c1nnc(N(CC(=O)OC(C)(C)C)c2ccc(F)cc2)n1C. The summed E-state index contributed by atoms with van der Waals surface area (Å²) < 4.78 is 33.9. The Hall–Kier alpha value is -3.49. The fourth-order valence-electron chi connectivity index (χ4n) is 3.02. The van der Waals surface area contributed by atoms with E-state index in [1.807, 2.05) is 0 Å². The lowest BCUT2D eigenvalue weighted by Gasteiger charge is -2.26. The molecule has 7 nitrogen and oxygen atoms in total. The molecular weight excluding hydrogens is 404 g/mol. The van der Waals surface area contributed by atoms with Gasteiger partial charge < -0.3 is 9.64 Å². The normalized spacial score (nSPS) is 11.3. The average molecular weight is 429 g/mol. The van der Waals surface area contributed by atoms with Gasteiger partial charge in [0.1, 0.15) is 23.8 Å². The topological polar surface area (TPSA) is 63.5 Å². The third-order valence-electron chi connectivity index (χ3n) is 4.43. The quantitative estimate of drug-likeness (QED) is 0.543. The minimum absolute atomic E-state index is 0.144. The van der Waals surface area contributed by atoms with E-state index >= 15 is 0 Å². The van der Waals surface area contributed by atoms with Crippen LogP contribution in [-0.4, -0.2) is 39.9 Å². The summed E-state index contributed by atoms with van der Waals surface area (Å²) >= 11 is 0. The second-order valence-corrected chi connectivity index (χ2v) is 8.04. The van der Waals surface area contributed by atoms with Gasteiger partial charge in [-0.1, -0.05) is 0 Å². The summed E-state index contributed by atoms with van der Waals surface area (Å²) in [4.78, 5) is 15.9. The Kier molecular flexibility index (Phi) is 6.24. The molecule has 0 fully saturated rings. The molecule has 0 atom stereocenters. The molecule has 0 aliphatic heterocycles. The maximum absolute atomic E-state index is 13.5. The van der Waals surface area contributed by atoms with Gasteiger partial charge in [0, 0.05) is 25.5 Å².